The van der Waals surface area contributed by atoms with E-state index >= 15 is 0 Å². The van der Waals surface area contributed by atoms with Crippen LogP contribution in [0.4, 0.5) is 0 Å². The van der Waals surface area contributed by atoms with Gasteiger partial charge in [0.25, 0.3) is 0 Å². The third kappa shape index (κ3) is 6.26. The molecule has 0 aromatic heterocycles. The minimum atomic E-state index is 0.738. The molecule has 5 heteroatoms. The molecular formula is C15H25ClN4. The smallest absolute Gasteiger partial charge is 0.191 e. The third-order valence-corrected chi connectivity index (χ3v) is 3.46. The molecule has 4 nitrogen and oxygen atoms in total. The van der Waals surface area contributed by atoms with Crippen LogP contribution in [0.1, 0.15) is 19.4 Å². The van der Waals surface area contributed by atoms with E-state index in [-0.39, 0.29) is 0 Å². The standard InChI is InChI=1S/C15H25ClN4/c1-4-20(5-2)11-10-18-15(17-3)19-12-13-6-8-14(16)9-7-13/h6-9H,4-5,10-12H2,1-3H3,(H2,17,18,19). The molecule has 0 amide bonds. The van der Waals surface area contributed by atoms with Crippen LogP contribution in [0, 0.1) is 0 Å². The van der Waals surface area contributed by atoms with Crippen molar-refractivity contribution in [3.63, 3.8) is 0 Å². The highest BCUT2D eigenvalue weighted by atomic mass is 35.5. The van der Waals surface area contributed by atoms with E-state index in [0.717, 1.165) is 43.7 Å². The molecule has 0 atom stereocenters. The topological polar surface area (TPSA) is 39.7 Å². The average Bonchev–Trinajstić information content (AvgIpc) is 2.48. The number of halogens is 1. The molecule has 0 heterocycles. The number of rotatable bonds is 7. The molecule has 112 valence electrons. The summed E-state index contributed by atoms with van der Waals surface area (Å²) in [6.07, 6.45) is 0. The fourth-order valence-electron chi connectivity index (χ4n) is 1.88. The third-order valence-electron chi connectivity index (χ3n) is 3.21. The van der Waals surface area contributed by atoms with E-state index in [1.165, 1.54) is 5.56 Å². The second-order valence-electron chi connectivity index (χ2n) is 4.51. The Morgan fingerprint density at radius 1 is 1.15 bits per heavy atom. The number of hydrogen-bond donors (Lipinski definition) is 2. The largest absolute Gasteiger partial charge is 0.355 e. The van der Waals surface area contributed by atoms with Gasteiger partial charge >= 0.3 is 0 Å². The Bertz CT molecular complexity index is 399. The van der Waals surface area contributed by atoms with Crippen molar-refractivity contribution in [2.24, 2.45) is 4.99 Å². The van der Waals surface area contributed by atoms with Crippen molar-refractivity contribution < 1.29 is 0 Å². The number of nitrogens with zero attached hydrogens (tertiary/aromatic N) is 2. The minimum Gasteiger partial charge on any atom is -0.355 e. The zero-order valence-electron chi connectivity index (χ0n) is 12.6. The van der Waals surface area contributed by atoms with Gasteiger partial charge in [-0.2, -0.15) is 0 Å². The maximum Gasteiger partial charge on any atom is 0.191 e. The highest BCUT2D eigenvalue weighted by molar-refractivity contribution is 6.30. The molecule has 0 aliphatic carbocycles. The van der Waals surface area contributed by atoms with Crippen molar-refractivity contribution in [1.82, 2.24) is 15.5 Å². The van der Waals surface area contributed by atoms with Crippen molar-refractivity contribution >= 4 is 17.6 Å². The highest BCUT2D eigenvalue weighted by Crippen LogP contribution is 2.08. The van der Waals surface area contributed by atoms with Crippen molar-refractivity contribution in [1.29, 1.82) is 0 Å². The second kappa shape index (κ2) is 9.61. The maximum absolute atomic E-state index is 5.87. The maximum atomic E-state index is 5.87. The quantitative estimate of drug-likeness (QED) is 0.599. The summed E-state index contributed by atoms with van der Waals surface area (Å²) in [5.41, 5.74) is 1.18. The van der Waals surface area contributed by atoms with Gasteiger partial charge < -0.3 is 15.5 Å². The monoisotopic (exact) mass is 296 g/mol. The number of likely N-dealkylation sites (N-methyl/N-ethyl adjacent to an activating group) is 1. The molecule has 1 rings (SSSR count). The van der Waals surface area contributed by atoms with E-state index in [0.29, 0.717) is 0 Å². The molecular weight excluding hydrogens is 272 g/mol. The first-order chi connectivity index (χ1) is 9.69. The predicted molar refractivity (Wildman–Crippen MR) is 87.4 cm³/mol. The number of hydrogen-bond acceptors (Lipinski definition) is 2. The van der Waals surface area contributed by atoms with E-state index in [1.54, 1.807) is 7.05 Å². The van der Waals surface area contributed by atoms with E-state index in [9.17, 15) is 0 Å². The number of aliphatic imine (C=N–C) groups is 1. The lowest BCUT2D eigenvalue weighted by Gasteiger charge is -2.19. The van der Waals surface area contributed by atoms with Gasteiger partial charge in [-0.1, -0.05) is 37.6 Å². The fourth-order valence-corrected chi connectivity index (χ4v) is 2.01. The van der Waals surface area contributed by atoms with Crippen molar-refractivity contribution in [3.05, 3.63) is 34.9 Å². The molecule has 0 saturated heterocycles. The molecule has 0 aliphatic rings. The lowest BCUT2D eigenvalue weighted by atomic mass is 10.2. The molecule has 0 radical (unpaired) electrons. The number of benzene rings is 1. The van der Waals surface area contributed by atoms with Crippen LogP contribution < -0.4 is 10.6 Å². The van der Waals surface area contributed by atoms with E-state index < -0.39 is 0 Å². The lowest BCUT2D eigenvalue weighted by molar-refractivity contribution is 0.308. The van der Waals surface area contributed by atoms with Crippen LogP contribution in [0.3, 0.4) is 0 Å². The van der Waals surface area contributed by atoms with Gasteiger partial charge in [0.1, 0.15) is 0 Å². The molecule has 20 heavy (non-hydrogen) atoms. The lowest BCUT2D eigenvalue weighted by Crippen LogP contribution is -2.41. The van der Waals surface area contributed by atoms with Gasteiger partial charge in [-0.3, -0.25) is 4.99 Å². The summed E-state index contributed by atoms with van der Waals surface area (Å²) >= 11 is 5.87. The Kier molecular flexibility index (Phi) is 8.07. The van der Waals surface area contributed by atoms with Crippen LogP contribution in [0.2, 0.25) is 5.02 Å². The predicted octanol–water partition coefficient (Wildman–Crippen LogP) is 2.35. The van der Waals surface area contributed by atoms with Gasteiger partial charge in [-0.25, -0.2) is 0 Å². The zero-order valence-corrected chi connectivity index (χ0v) is 13.4. The summed E-state index contributed by atoms with van der Waals surface area (Å²) in [6, 6.07) is 7.82. The fraction of sp³-hybridized carbons (Fsp3) is 0.533. The van der Waals surface area contributed by atoms with Crippen molar-refractivity contribution in [2.45, 2.75) is 20.4 Å². The summed E-state index contributed by atoms with van der Waals surface area (Å²) in [5.74, 6) is 0.826. The first-order valence-electron chi connectivity index (χ1n) is 7.10. The van der Waals surface area contributed by atoms with Crippen LogP contribution >= 0.6 is 11.6 Å². The Hall–Kier alpha value is -1.26. The average molecular weight is 297 g/mol. The van der Waals surface area contributed by atoms with Gasteiger partial charge in [-0.05, 0) is 30.8 Å². The van der Waals surface area contributed by atoms with Gasteiger partial charge in [0.2, 0.25) is 0 Å². The van der Waals surface area contributed by atoms with Crippen molar-refractivity contribution in [3.8, 4) is 0 Å². The van der Waals surface area contributed by atoms with Crippen LogP contribution in [0.5, 0.6) is 0 Å². The molecule has 0 unspecified atom stereocenters. The summed E-state index contributed by atoms with van der Waals surface area (Å²) in [5, 5.41) is 7.37. The second-order valence-corrected chi connectivity index (χ2v) is 4.94. The molecule has 1 aromatic rings. The number of nitrogens with one attached hydrogen (secondary N) is 2. The van der Waals surface area contributed by atoms with Crippen molar-refractivity contribution in [2.75, 3.05) is 33.2 Å². The molecule has 0 aliphatic heterocycles. The molecule has 0 fully saturated rings. The van der Waals surface area contributed by atoms with Gasteiger partial charge in [0.05, 0.1) is 0 Å². The Balaban J connectivity index is 2.31. The molecule has 2 N–H and O–H groups in total. The minimum absolute atomic E-state index is 0.738. The van der Waals surface area contributed by atoms with Gasteiger partial charge in [0.15, 0.2) is 5.96 Å². The SMILES string of the molecule is CCN(CC)CCNC(=NC)NCc1ccc(Cl)cc1. The van der Waals surface area contributed by atoms with Gasteiger partial charge in [0, 0.05) is 31.7 Å². The first kappa shape index (κ1) is 16.8. The van der Waals surface area contributed by atoms with Crippen LogP contribution in [0.25, 0.3) is 0 Å². The normalized spacial score (nSPS) is 11.8. The number of guanidine groups is 1. The first-order valence-corrected chi connectivity index (χ1v) is 7.48. The van der Waals surface area contributed by atoms with E-state index in [1.807, 2.05) is 24.3 Å². The molecule has 0 spiro atoms. The zero-order chi connectivity index (χ0) is 14.8. The van der Waals surface area contributed by atoms with Crippen LogP contribution in [-0.4, -0.2) is 44.1 Å². The van der Waals surface area contributed by atoms with E-state index in [2.05, 4.69) is 34.4 Å². The molecule has 0 bridgehead atoms. The summed E-state index contributed by atoms with van der Waals surface area (Å²) in [6.45, 7) is 9.16. The Morgan fingerprint density at radius 2 is 1.80 bits per heavy atom. The molecule has 1 aromatic carbocycles. The Morgan fingerprint density at radius 3 is 2.35 bits per heavy atom. The summed E-state index contributed by atoms with van der Waals surface area (Å²) < 4.78 is 0. The molecule has 0 saturated carbocycles. The Labute approximate surface area is 127 Å². The van der Waals surface area contributed by atoms with E-state index in [4.69, 9.17) is 11.6 Å². The summed E-state index contributed by atoms with van der Waals surface area (Å²) in [4.78, 5) is 6.59. The summed E-state index contributed by atoms with van der Waals surface area (Å²) in [7, 11) is 1.79. The highest BCUT2D eigenvalue weighted by Gasteiger charge is 2.01. The van der Waals surface area contributed by atoms with Crippen LogP contribution in [-0.2, 0) is 6.54 Å². The van der Waals surface area contributed by atoms with Gasteiger partial charge in [-0.15, -0.1) is 0 Å². The van der Waals surface area contributed by atoms with Crippen LogP contribution in [0.15, 0.2) is 29.3 Å².